The van der Waals surface area contributed by atoms with Crippen LogP contribution in [0.5, 0.6) is 0 Å². The standard InChI is InChI=1S/C8H17NO2/c1-5-11-7(2)6-9(4)8(3)10/h7H,5-6H2,1-4H3/t7-/m0/s1. The maximum absolute atomic E-state index is 10.8. The zero-order valence-electron chi connectivity index (χ0n) is 7.76. The molecule has 0 heterocycles. The molecular weight excluding hydrogens is 142 g/mol. The van der Waals surface area contributed by atoms with Gasteiger partial charge in [0, 0.05) is 27.1 Å². The Kier molecular flexibility index (Phi) is 4.86. The average Bonchev–Trinajstić information content (AvgIpc) is 1.87. The van der Waals surface area contributed by atoms with E-state index in [1.54, 1.807) is 18.9 Å². The Hall–Kier alpha value is -0.570. The number of carbonyl (C=O) groups excluding carboxylic acids is 1. The summed E-state index contributed by atoms with van der Waals surface area (Å²) in [5.74, 6) is 0.0801. The minimum absolute atomic E-state index is 0.0801. The summed E-state index contributed by atoms with van der Waals surface area (Å²) >= 11 is 0. The van der Waals surface area contributed by atoms with Crippen LogP contribution in [0.3, 0.4) is 0 Å². The van der Waals surface area contributed by atoms with Crippen LogP contribution < -0.4 is 0 Å². The van der Waals surface area contributed by atoms with Gasteiger partial charge in [-0.05, 0) is 13.8 Å². The molecule has 11 heavy (non-hydrogen) atoms. The average molecular weight is 159 g/mol. The minimum atomic E-state index is 0.0801. The molecule has 3 heteroatoms. The molecule has 3 nitrogen and oxygen atoms in total. The highest BCUT2D eigenvalue weighted by atomic mass is 16.5. The normalized spacial score (nSPS) is 12.7. The van der Waals surface area contributed by atoms with Gasteiger partial charge in [0.25, 0.3) is 0 Å². The maximum Gasteiger partial charge on any atom is 0.219 e. The van der Waals surface area contributed by atoms with E-state index in [0.29, 0.717) is 13.2 Å². The van der Waals surface area contributed by atoms with E-state index in [-0.39, 0.29) is 12.0 Å². The second-order valence-electron chi connectivity index (χ2n) is 2.67. The fourth-order valence-corrected chi connectivity index (χ4v) is 0.851. The Morgan fingerprint density at radius 3 is 2.55 bits per heavy atom. The van der Waals surface area contributed by atoms with Crippen molar-refractivity contribution in [2.45, 2.75) is 26.9 Å². The van der Waals surface area contributed by atoms with Crippen molar-refractivity contribution >= 4 is 5.91 Å². The van der Waals surface area contributed by atoms with Crippen molar-refractivity contribution < 1.29 is 9.53 Å². The number of hydrogen-bond donors (Lipinski definition) is 0. The van der Waals surface area contributed by atoms with Crippen LogP contribution in [-0.4, -0.2) is 37.1 Å². The highest BCUT2D eigenvalue weighted by molar-refractivity contribution is 5.72. The molecule has 0 aromatic carbocycles. The summed E-state index contributed by atoms with van der Waals surface area (Å²) in [6.07, 6.45) is 0.133. The van der Waals surface area contributed by atoms with E-state index < -0.39 is 0 Å². The molecule has 66 valence electrons. The number of rotatable bonds is 4. The number of amides is 1. The predicted octanol–water partition coefficient (Wildman–Crippen LogP) is 0.890. The maximum atomic E-state index is 10.8. The van der Waals surface area contributed by atoms with E-state index >= 15 is 0 Å². The molecule has 0 aromatic rings. The number of likely N-dealkylation sites (N-methyl/N-ethyl adjacent to an activating group) is 1. The van der Waals surface area contributed by atoms with Crippen LogP contribution in [-0.2, 0) is 9.53 Å². The molecule has 0 aromatic heterocycles. The van der Waals surface area contributed by atoms with E-state index in [1.165, 1.54) is 0 Å². The van der Waals surface area contributed by atoms with Crippen molar-refractivity contribution in [3.8, 4) is 0 Å². The molecule has 0 saturated heterocycles. The quantitative estimate of drug-likeness (QED) is 0.609. The fourth-order valence-electron chi connectivity index (χ4n) is 0.851. The van der Waals surface area contributed by atoms with Gasteiger partial charge in [0.1, 0.15) is 0 Å². The van der Waals surface area contributed by atoms with Gasteiger partial charge in [0.15, 0.2) is 0 Å². The number of nitrogens with zero attached hydrogens (tertiary/aromatic N) is 1. The number of carbonyl (C=O) groups is 1. The summed E-state index contributed by atoms with van der Waals surface area (Å²) in [6, 6.07) is 0. The van der Waals surface area contributed by atoms with E-state index in [1.807, 2.05) is 13.8 Å². The molecule has 0 fully saturated rings. The van der Waals surface area contributed by atoms with Gasteiger partial charge in [-0.2, -0.15) is 0 Å². The topological polar surface area (TPSA) is 29.5 Å². The summed E-state index contributed by atoms with van der Waals surface area (Å²) < 4.78 is 5.27. The molecule has 1 atom stereocenters. The van der Waals surface area contributed by atoms with Crippen molar-refractivity contribution in [2.24, 2.45) is 0 Å². The predicted molar refractivity (Wildman–Crippen MR) is 44.4 cm³/mol. The highest BCUT2D eigenvalue weighted by Crippen LogP contribution is 1.93. The molecule has 0 saturated carbocycles. The van der Waals surface area contributed by atoms with E-state index in [2.05, 4.69) is 0 Å². The van der Waals surface area contributed by atoms with Crippen molar-refractivity contribution in [2.75, 3.05) is 20.2 Å². The first-order valence-corrected chi connectivity index (χ1v) is 3.91. The molecule has 0 aliphatic heterocycles. The summed E-state index contributed by atoms with van der Waals surface area (Å²) in [4.78, 5) is 12.4. The van der Waals surface area contributed by atoms with Gasteiger partial charge in [-0.15, -0.1) is 0 Å². The van der Waals surface area contributed by atoms with Gasteiger partial charge in [0.05, 0.1) is 6.10 Å². The first-order valence-electron chi connectivity index (χ1n) is 3.91. The summed E-state index contributed by atoms with van der Waals surface area (Å²) in [6.45, 7) is 6.84. The molecule has 0 radical (unpaired) electrons. The first-order chi connectivity index (χ1) is 5.07. The van der Waals surface area contributed by atoms with Crippen LogP contribution in [0.2, 0.25) is 0 Å². The lowest BCUT2D eigenvalue weighted by molar-refractivity contribution is -0.129. The molecule has 0 rings (SSSR count). The van der Waals surface area contributed by atoms with Gasteiger partial charge in [0.2, 0.25) is 5.91 Å². The first kappa shape index (κ1) is 10.4. The summed E-state index contributed by atoms with van der Waals surface area (Å²) in [7, 11) is 1.78. The van der Waals surface area contributed by atoms with Gasteiger partial charge in [-0.25, -0.2) is 0 Å². The van der Waals surface area contributed by atoms with Gasteiger partial charge < -0.3 is 9.64 Å². The minimum Gasteiger partial charge on any atom is -0.377 e. The van der Waals surface area contributed by atoms with Gasteiger partial charge in [-0.1, -0.05) is 0 Å². The van der Waals surface area contributed by atoms with E-state index in [0.717, 1.165) is 0 Å². The lowest BCUT2D eigenvalue weighted by Gasteiger charge is -2.19. The summed E-state index contributed by atoms with van der Waals surface area (Å²) in [5.41, 5.74) is 0. The molecule has 0 unspecified atom stereocenters. The lowest BCUT2D eigenvalue weighted by Crippen LogP contribution is -2.32. The molecule has 0 bridgehead atoms. The molecular formula is C8H17NO2. The van der Waals surface area contributed by atoms with Crippen LogP contribution >= 0.6 is 0 Å². The number of hydrogen-bond acceptors (Lipinski definition) is 2. The molecule has 0 spiro atoms. The molecule has 1 amide bonds. The van der Waals surface area contributed by atoms with E-state index in [4.69, 9.17) is 4.74 Å². The largest absolute Gasteiger partial charge is 0.377 e. The number of ether oxygens (including phenoxy) is 1. The third kappa shape index (κ3) is 4.79. The van der Waals surface area contributed by atoms with Crippen molar-refractivity contribution in [1.82, 2.24) is 4.90 Å². The van der Waals surface area contributed by atoms with Gasteiger partial charge in [-0.3, -0.25) is 4.79 Å². The molecule has 0 aliphatic carbocycles. The Morgan fingerprint density at radius 2 is 2.18 bits per heavy atom. The van der Waals surface area contributed by atoms with Crippen LogP contribution in [0, 0.1) is 0 Å². The highest BCUT2D eigenvalue weighted by Gasteiger charge is 2.07. The van der Waals surface area contributed by atoms with Crippen LogP contribution in [0.1, 0.15) is 20.8 Å². The van der Waals surface area contributed by atoms with Crippen molar-refractivity contribution in [1.29, 1.82) is 0 Å². The third-order valence-electron chi connectivity index (χ3n) is 1.52. The van der Waals surface area contributed by atoms with Crippen LogP contribution in [0.15, 0.2) is 0 Å². The smallest absolute Gasteiger partial charge is 0.219 e. The lowest BCUT2D eigenvalue weighted by atomic mass is 10.3. The summed E-state index contributed by atoms with van der Waals surface area (Å²) in [5, 5.41) is 0. The Bertz CT molecular complexity index is 125. The second-order valence-corrected chi connectivity index (χ2v) is 2.67. The molecule has 0 aliphatic rings. The van der Waals surface area contributed by atoms with Crippen molar-refractivity contribution in [3.05, 3.63) is 0 Å². The second kappa shape index (κ2) is 5.13. The SMILES string of the molecule is CCO[C@@H](C)CN(C)C(C)=O. The van der Waals surface area contributed by atoms with Crippen molar-refractivity contribution in [3.63, 3.8) is 0 Å². The van der Waals surface area contributed by atoms with Crippen LogP contribution in [0.4, 0.5) is 0 Å². The van der Waals surface area contributed by atoms with Crippen LogP contribution in [0.25, 0.3) is 0 Å². The molecule has 0 N–H and O–H groups in total. The Balaban J connectivity index is 3.56. The Morgan fingerprint density at radius 1 is 1.64 bits per heavy atom. The zero-order valence-corrected chi connectivity index (χ0v) is 7.76. The Labute approximate surface area is 68.3 Å². The zero-order chi connectivity index (χ0) is 8.85. The fraction of sp³-hybridized carbons (Fsp3) is 0.875. The van der Waals surface area contributed by atoms with E-state index in [9.17, 15) is 4.79 Å². The van der Waals surface area contributed by atoms with Gasteiger partial charge >= 0.3 is 0 Å². The third-order valence-corrected chi connectivity index (χ3v) is 1.52. The monoisotopic (exact) mass is 159 g/mol.